The number of aryl methyl sites for hydroxylation is 1. The SMILES string of the molecule is Cc1ccc(S(=O)(=O)NC(CC(C)C)S(=O)(=O)c2ccccc2)cc1. The topological polar surface area (TPSA) is 80.3 Å². The average molecular weight is 382 g/mol. The van der Waals surface area contributed by atoms with E-state index in [9.17, 15) is 16.8 Å². The van der Waals surface area contributed by atoms with E-state index in [1.165, 1.54) is 24.3 Å². The Bertz CT molecular complexity index is 903. The Morgan fingerprint density at radius 3 is 1.92 bits per heavy atom. The third kappa shape index (κ3) is 4.90. The Morgan fingerprint density at radius 1 is 0.840 bits per heavy atom. The van der Waals surface area contributed by atoms with E-state index in [1.54, 1.807) is 30.3 Å². The van der Waals surface area contributed by atoms with Gasteiger partial charge in [0.05, 0.1) is 9.79 Å². The molecule has 0 fully saturated rings. The Balaban J connectivity index is 2.40. The Labute approximate surface area is 150 Å². The van der Waals surface area contributed by atoms with Gasteiger partial charge in [0.2, 0.25) is 10.0 Å². The van der Waals surface area contributed by atoms with Crippen molar-refractivity contribution in [1.29, 1.82) is 0 Å². The summed E-state index contributed by atoms with van der Waals surface area (Å²) in [6.07, 6.45) is 0.183. The highest BCUT2D eigenvalue weighted by molar-refractivity contribution is 7.94. The quantitative estimate of drug-likeness (QED) is 0.799. The van der Waals surface area contributed by atoms with Gasteiger partial charge in [-0.2, -0.15) is 4.72 Å². The van der Waals surface area contributed by atoms with E-state index in [-0.39, 0.29) is 22.1 Å². The molecule has 1 N–H and O–H groups in total. The zero-order chi connectivity index (χ0) is 18.7. The average Bonchev–Trinajstić information content (AvgIpc) is 2.55. The number of sulfone groups is 1. The number of sulfonamides is 1. The van der Waals surface area contributed by atoms with Gasteiger partial charge in [-0.3, -0.25) is 0 Å². The van der Waals surface area contributed by atoms with Crippen molar-refractivity contribution < 1.29 is 16.8 Å². The van der Waals surface area contributed by atoms with Crippen LogP contribution in [0.15, 0.2) is 64.4 Å². The smallest absolute Gasteiger partial charge is 0.222 e. The van der Waals surface area contributed by atoms with Crippen LogP contribution in [-0.4, -0.2) is 22.2 Å². The van der Waals surface area contributed by atoms with Gasteiger partial charge in [0.25, 0.3) is 0 Å². The van der Waals surface area contributed by atoms with E-state index < -0.39 is 25.2 Å². The first kappa shape index (κ1) is 19.6. The lowest BCUT2D eigenvalue weighted by atomic mass is 10.1. The minimum Gasteiger partial charge on any atom is -0.222 e. The minimum absolute atomic E-state index is 0.00389. The Hall–Kier alpha value is -1.70. The maximum atomic E-state index is 12.9. The predicted molar refractivity (Wildman–Crippen MR) is 98.4 cm³/mol. The van der Waals surface area contributed by atoms with Crippen LogP contribution < -0.4 is 4.72 Å². The van der Waals surface area contributed by atoms with Gasteiger partial charge < -0.3 is 0 Å². The number of nitrogens with one attached hydrogen (secondary N) is 1. The fourth-order valence-corrected chi connectivity index (χ4v) is 5.86. The van der Waals surface area contributed by atoms with Crippen molar-refractivity contribution in [2.24, 2.45) is 5.92 Å². The molecule has 0 bridgehead atoms. The van der Waals surface area contributed by atoms with Crippen molar-refractivity contribution >= 4 is 19.9 Å². The summed E-state index contributed by atoms with van der Waals surface area (Å²) >= 11 is 0. The van der Waals surface area contributed by atoms with Gasteiger partial charge in [-0.1, -0.05) is 49.7 Å². The summed E-state index contributed by atoms with van der Waals surface area (Å²) in [4.78, 5) is 0.155. The molecule has 0 radical (unpaired) electrons. The van der Waals surface area contributed by atoms with Crippen LogP contribution in [0, 0.1) is 12.8 Å². The maximum absolute atomic E-state index is 12.9. The molecule has 136 valence electrons. The molecule has 7 heteroatoms. The second kappa shape index (κ2) is 7.68. The van der Waals surface area contributed by atoms with Crippen molar-refractivity contribution in [2.45, 2.75) is 42.4 Å². The van der Waals surface area contributed by atoms with E-state index in [0.29, 0.717) is 0 Å². The van der Waals surface area contributed by atoms with Gasteiger partial charge in [-0.05, 0) is 43.5 Å². The van der Waals surface area contributed by atoms with Crippen LogP contribution in [0.25, 0.3) is 0 Å². The zero-order valence-electron chi connectivity index (χ0n) is 14.5. The molecule has 0 saturated heterocycles. The lowest BCUT2D eigenvalue weighted by Gasteiger charge is -2.21. The molecule has 0 aliphatic rings. The van der Waals surface area contributed by atoms with Crippen molar-refractivity contribution in [3.8, 4) is 0 Å². The van der Waals surface area contributed by atoms with Crippen LogP contribution in [0.2, 0.25) is 0 Å². The molecule has 5 nitrogen and oxygen atoms in total. The van der Waals surface area contributed by atoms with Crippen LogP contribution in [-0.2, 0) is 19.9 Å². The molecular weight excluding hydrogens is 358 g/mol. The lowest BCUT2D eigenvalue weighted by Crippen LogP contribution is -2.41. The summed E-state index contributed by atoms with van der Waals surface area (Å²) < 4.78 is 53.5. The summed E-state index contributed by atoms with van der Waals surface area (Å²) in [5, 5.41) is -1.22. The standard InChI is InChI=1S/C18H23NO4S2/c1-14(2)13-18(24(20,21)16-7-5-4-6-8-16)19-25(22,23)17-11-9-15(3)10-12-17/h4-12,14,18-19H,13H2,1-3H3. The number of rotatable bonds is 7. The molecule has 0 aromatic heterocycles. The van der Waals surface area contributed by atoms with Gasteiger partial charge in [0.1, 0.15) is 5.37 Å². The number of hydrogen-bond donors (Lipinski definition) is 1. The molecule has 2 aromatic rings. The molecule has 25 heavy (non-hydrogen) atoms. The summed E-state index contributed by atoms with van der Waals surface area (Å²) in [5.41, 5.74) is 0.926. The first-order chi connectivity index (χ1) is 11.6. The summed E-state index contributed by atoms with van der Waals surface area (Å²) in [6, 6.07) is 14.2. The molecule has 2 aromatic carbocycles. The van der Waals surface area contributed by atoms with Gasteiger partial charge in [0, 0.05) is 0 Å². The first-order valence-electron chi connectivity index (χ1n) is 8.01. The normalized spacial score (nSPS) is 13.8. The number of benzene rings is 2. The summed E-state index contributed by atoms with van der Waals surface area (Å²) in [5.74, 6) is 0.00389. The molecule has 0 saturated carbocycles. The second-order valence-corrected chi connectivity index (χ2v) is 10.3. The van der Waals surface area contributed by atoms with Crippen molar-refractivity contribution in [1.82, 2.24) is 4.72 Å². The minimum atomic E-state index is -3.94. The Kier molecular flexibility index (Phi) is 6.03. The van der Waals surface area contributed by atoms with Crippen molar-refractivity contribution in [2.75, 3.05) is 0 Å². The maximum Gasteiger partial charge on any atom is 0.241 e. The van der Waals surface area contributed by atoms with E-state index in [2.05, 4.69) is 4.72 Å². The van der Waals surface area contributed by atoms with Crippen molar-refractivity contribution in [3.05, 3.63) is 60.2 Å². The van der Waals surface area contributed by atoms with Gasteiger partial charge in [0.15, 0.2) is 9.84 Å². The molecule has 2 rings (SSSR count). The van der Waals surface area contributed by atoms with E-state index in [1.807, 2.05) is 20.8 Å². The molecule has 1 atom stereocenters. The van der Waals surface area contributed by atoms with Crippen LogP contribution in [0.1, 0.15) is 25.8 Å². The van der Waals surface area contributed by atoms with E-state index in [4.69, 9.17) is 0 Å². The molecule has 0 amide bonds. The monoisotopic (exact) mass is 381 g/mol. The van der Waals surface area contributed by atoms with Crippen LogP contribution >= 0.6 is 0 Å². The van der Waals surface area contributed by atoms with E-state index >= 15 is 0 Å². The first-order valence-corrected chi connectivity index (χ1v) is 11.0. The fourth-order valence-electron chi connectivity index (χ4n) is 2.40. The Morgan fingerprint density at radius 2 is 1.40 bits per heavy atom. The largest absolute Gasteiger partial charge is 0.241 e. The van der Waals surface area contributed by atoms with Crippen LogP contribution in [0.5, 0.6) is 0 Å². The molecule has 0 spiro atoms. The summed E-state index contributed by atoms with van der Waals surface area (Å²) in [6.45, 7) is 5.56. The van der Waals surface area contributed by atoms with Crippen LogP contribution in [0.4, 0.5) is 0 Å². The highest BCUT2D eigenvalue weighted by Gasteiger charge is 2.32. The highest BCUT2D eigenvalue weighted by Crippen LogP contribution is 2.22. The number of hydrogen-bond acceptors (Lipinski definition) is 4. The molecule has 0 heterocycles. The van der Waals surface area contributed by atoms with Gasteiger partial charge in [-0.15, -0.1) is 0 Å². The predicted octanol–water partition coefficient (Wildman–Crippen LogP) is 3.12. The lowest BCUT2D eigenvalue weighted by molar-refractivity contribution is 0.502. The fraction of sp³-hybridized carbons (Fsp3) is 0.333. The third-order valence-electron chi connectivity index (χ3n) is 3.75. The van der Waals surface area contributed by atoms with Crippen LogP contribution in [0.3, 0.4) is 0 Å². The molecule has 0 aliphatic carbocycles. The molecular formula is C18H23NO4S2. The van der Waals surface area contributed by atoms with E-state index in [0.717, 1.165) is 5.56 Å². The van der Waals surface area contributed by atoms with Gasteiger partial charge in [-0.25, -0.2) is 16.8 Å². The van der Waals surface area contributed by atoms with Gasteiger partial charge >= 0.3 is 0 Å². The molecule has 1 unspecified atom stereocenters. The summed E-state index contributed by atoms with van der Waals surface area (Å²) in [7, 11) is -7.78. The van der Waals surface area contributed by atoms with Crippen molar-refractivity contribution in [3.63, 3.8) is 0 Å². The second-order valence-electron chi connectivity index (χ2n) is 6.41. The zero-order valence-corrected chi connectivity index (χ0v) is 16.1. The third-order valence-corrected chi connectivity index (χ3v) is 7.38. The highest BCUT2D eigenvalue weighted by atomic mass is 32.2. The molecule has 0 aliphatic heterocycles.